The van der Waals surface area contributed by atoms with Crippen molar-refractivity contribution in [1.82, 2.24) is 10.4 Å². The number of carbonyl (C=O) groups is 2. The zero-order chi connectivity index (χ0) is 26.5. The predicted octanol–water partition coefficient (Wildman–Crippen LogP) is 5.60. The number of fused-ring (bicyclic) bond motifs is 1. The summed E-state index contributed by atoms with van der Waals surface area (Å²) in [7, 11) is 0. The fraction of sp³-hybridized carbons (Fsp3) is 0.161. The molecular weight excluding hydrogens is 500 g/mol. The van der Waals surface area contributed by atoms with E-state index < -0.39 is 23.9 Å². The van der Waals surface area contributed by atoms with Crippen LogP contribution in [0.25, 0.3) is 0 Å². The van der Waals surface area contributed by atoms with E-state index in [0.29, 0.717) is 16.1 Å². The van der Waals surface area contributed by atoms with Crippen LogP contribution in [0.4, 0.5) is 0 Å². The minimum absolute atomic E-state index is 0.193. The zero-order valence-corrected chi connectivity index (χ0v) is 21.3. The van der Waals surface area contributed by atoms with Gasteiger partial charge in [-0.25, -0.2) is 5.48 Å². The van der Waals surface area contributed by atoms with Crippen LogP contribution < -0.4 is 5.48 Å². The molecule has 0 saturated heterocycles. The van der Waals surface area contributed by atoms with Gasteiger partial charge in [0, 0.05) is 10.6 Å². The number of carbonyl (C=O) groups excluding carboxylic acids is 2. The monoisotopic (exact) mass is 526 g/mol. The summed E-state index contributed by atoms with van der Waals surface area (Å²) in [4.78, 5) is 35.1. The molecule has 0 aromatic heterocycles. The quantitative estimate of drug-likeness (QED) is 0.293. The van der Waals surface area contributed by atoms with Crippen molar-refractivity contribution in [3.63, 3.8) is 0 Å². The van der Waals surface area contributed by atoms with Crippen LogP contribution in [0.15, 0.2) is 109 Å². The Bertz CT molecular complexity index is 1400. The van der Waals surface area contributed by atoms with Crippen molar-refractivity contribution in [3.8, 4) is 0 Å². The van der Waals surface area contributed by atoms with E-state index in [1.54, 1.807) is 35.2 Å². The van der Waals surface area contributed by atoms with Gasteiger partial charge in [-0.3, -0.25) is 14.4 Å². The van der Waals surface area contributed by atoms with Gasteiger partial charge < -0.3 is 10.0 Å². The van der Waals surface area contributed by atoms with Crippen molar-refractivity contribution < 1.29 is 19.5 Å². The van der Waals surface area contributed by atoms with Gasteiger partial charge in [0.05, 0.1) is 31.2 Å². The van der Waals surface area contributed by atoms with Gasteiger partial charge >= 0.3 is 0 Å². The maximum atomic E-state index is 14.0. The van der Waals surface area contributed by atoms with Gasteiger partial charge in [0.2, 0.25) is 0 Å². The molecule has 1 heterocycles. The Kier molecular flexibility index (Phi) is 7.84. The third-order valence-electron chi connectivity index (χ3n) is 6.82. The Morgan fingerprint density at radius 1 is 0.895 bits per heavy atom. The Hall–Kier alpha value is -3.97. The topological polar surface area (TPSA) is 78.9 Å². The third-order valence-corrected chi connectivity index (χ3v) is 7.07. The van der Waals surface area contributed by atoms with Crippen LogP contribution >= 0.6 is 11.6 Å². The van der Waals surface area contributed by atoms with Crippen LogP contribution in [0, 0.1) is 0 Å². The van der Waals surface area contributed by atoms with Crippen LogP contribution in [0.3, 0.4) is 0 Å². The lowest BCUT2D eigenvalue weighted by molar-refractivity contribution is -0.138. The molecule has 2 amide bonds. The van der Waals surface area contributed by atoms with Crippen molar-refractivity contribution in [1.29, 1.82) is 0 Å². The van der Waals surface area contributed by atoms with Gasteiger partial charge in [0.15, 0.2) is 0 Å². The van der Waals surface area contributed by atoms with Crippen molar-refractivity contribution in [2.45, 2.75) is 24.6 Å². The lowest BCUT2D eigenvalue weighted by atomic mass is 9.78. The van der Waals surface area contributed by atoms with Crippen LogP contribution in [0.1, 0.15) is 50.6 Å². The molecule has 0 fully saturated rings. The summed E-state index contributed by atoms with van der Waals surface area (Å²) in [6.45, 7) is -0.126. The number of aliphatic hydroxyl groups excluding tert-OH is 1. The molecule has 5 rings (SSSR count). The molecule has 0 spiro atoms. The summed E-state index contributed by atoms with van der Waals surface area (Å²) >= 11 is 6.19. The van der Waals surface area contributed by atoms with Gasteiger partial charge in [-0.05, 0) is 40.5 Å². The molecule has 6 nitrogen and oxygen atoms in total. The van der Waals surface area contributed by atoms with Crippen molar-refractivity contribution >= 4 is 23.4 Å². The number of rotatable bonds is 8. The minimum atomic E-state index is -0.807. The molecular formula is C31H27ClN2O4. The first-order valence-electron chi connectivity index (χ1n) is 12.4. The SMILES string of the molecule is O=C(NOCc1ccccc1)[C@@H]1c2ccccc2C(=O)N([C@H](CO)c2ccccc2)[C@H]1c1ccc(Cl)cc1. The summed E-state index contributed by atoms with van der Waals surface area (Å²) in [6, 6.07) is 31.6. The maximum Gasteiger partial charge on any atom is 0.255 e. The van der Waals surface area contributed by atoms with Gasteiger partial charge in [0.1, 0.15) is 0 Å². The van der Waals surface area contributed by atoms with Crippen molar-refractivity contribution in [2.75, 3.05) is 6.61 Å². The zero-order valence-electron chi connectivity index (χ0n) is 20.5. The van der Waals surface area contributed by atoms with Crippen molar-refractivity contribution in [3.05, 3.63) is 142 Å². The second kappa shape index (κ2) is 11.6. The Labute approximate surface area is 226 Å². The van der Waals surface area contributed by atoms with E-state index in [1.165, 1.54) is 0 Å². The molecule has 0 unspecified atom stereocenters. The molecule has 0 saturated carbocycles. The molecule has 0 radical (unpaired) electrons. The molecule has 1 aliphatic rings. The van der Waals surface area contributed by atoms with Gasteiger partial charge in [-0.1, -0.05) is 103 Å². The average Bonchev–Trinajstić information content (AvgIpc) is 2.96. The fourth-order valence-electron chi connectivity index (χ4n) is 5.05. The highest BCUT2D eigenvalue weighted by atomic mass is 35.5. The summed E-state index contributed by atoms with van der Waals surface area (Å²) < 4.78 is 0. The number of aliphatic hydroxyl groups is 1. The highest BCUT2D eigenvalue weighted by Crippen LogP contribution is 2.46. The third kappa shape index (κ3) is 5.20. The Balaban J connectivity index is 1.59. The molecule has 1 aliphatic heterocycles. The lowest BCUT2D eigenvalue weighted by Crippen LogP contribution is -2.49. The van der Waals surface area contributed by atoms with Crippen LogP contribution in [0.5, 0.6) is 0 Å². The molecule has 3 atom stereocenters. The molecule has 7 heteroatoms. The van der Waals surface area contributed by atoms with E-state index in [1.807, 2.05) is 78.9 Å². The largest absolute Gasteiger partial charge is 0.394 e. The number of amides is 2. The van der Waals surface area contributed by atoms with E-state index in [0.717, 1.165) is 16.7 Å². The Morgan fingerprint density at radius 2 is 1.53 bits per heavy atom. The first kappa shape index (κ1) is 25.7. The number of nitrogens with one attached hydrogen (secondary N) is 1. The van der Waals surface area contributed by atoms with Crippen LogP contribution in [-0.4, -0.2) is 28.4 Å². The Morgan fingerprint density at radius 3 is 2.21 bits per heavy atom. The smallest absolute Gasteiger partial charge is 0.255 e. The lowest BCUT2D eigenvalue weighted by Gasteiger charge is -2.45. The number of hydroxylamine groups is 1. The van der Waals surface area contributed by atoms with Gasteiger partial charge in [0.25, 0.3) is 11.8 Å². The standard InChI is InChI=1S/C31H27ClN2O4/c32-24-17-15-23(16-18-24)29-28(30(36)33-38-20-21-9-3-1-4-10-21)25-13-7-8-14-26(25)31(37)34(29)27(19-35)22-11-5-2-6-12-22/h1-18,27-29,35H,19-20H2,(H,33,36)/t27-,28-,29+/m1/s1. The van der Waals surface area contributed by atoms with Gasteiger partial charge in [-0.15, -0.1) is 0 Å². The number of benzene rings is 4. The summed E-state index contributed by atoms with van der Waals surface area (Å²) in [5.41, 5.74) is 6.02. The first-order chi connectivity index (χ1) is 18.6. The first-order valence-corrected chi connectivity index (χ1v) is 12.7. The second-order valence-corrected chi connectivity index (χ2v) is 9.56. The van der Waals surface area contributed by atoms with E-state index >= 15 is 0 Å². The number of halogens is 1. The molecule has 4 aromatic carbocycles. The summed E-state index contributed by atoms with van der Waals surface area (Å²) in [6.07, 6.45) is 0. The number of nitrogens with zero attached hydrogens (tertiary/aromatic N) is 1. The molecule has 4 aromatic rings. The van der Waals surface area contributed by atoms with E-state index in [4.69, 9.17) is 16.4 Å². The highest BCUT2D eigenvalue weighted by molar-refractivity contribution is 6.30. The number of hydrogen-bond donors (Lipinski definition) is 2. The van der Waals surface area contributed by atoms with Crippen molar-refractivity contribution in [2.24, 2.45) is 0 Å². The van der Waals surface area contributed by atoms with E-state index in [-0.39, 0.29) is 19.1 Å². The maximum absolute atomic E-state index is 14.0. The molecule has 0 bridgehead atoms. The number of hydrogen-bond acceptors (Lipinski definition) is 4. The summed E-state index contributed by atoms with van der Waals surface area (Å²) in [5, 5.41) is 11.1. The van der Waals surface area contributed by atoms with Crippen LogP contribution in [-0.2, 0) is 16.2 Å². The fourth-order valence-corrected chi connectivity index (χ4v) is 5.18. The minimum Gasteiger partial charge on any atom is -0.394 e. The molecule has 2 N–H and O–H groups in total. The second-order valence-electron chi connectivity index (χ2n) is 9.12. The van der Waals surface area contributed by atoms with E-state index in [9.17, 15) is 14.7 Å². The molecule has 0 aliphatic carbocycles. The average molecular weight is 527 g/mol. The normalized spacial score (nSPS) is 17.5. The van der Waals surface area contributed by atoms with Gasteiger partial charge in [-0.2, -0.15) is 0 Å². The predicted molar refractivity (Wildman–Crippen MR) is 145 cm³/mol. The van der Waals surface area contributed by atoms with E-state index in [2.05, 4.69) is 5.48 Å². The summed E-state index contributed by atoms with van der Waals surface area (Å²) in [5.74, 6) is -1.47. The highest BCUT2D eigenvalue weighted by Gasteiger charge is 2.47. The van der Waals surface area contributed by atoms with Crippen LogP contribution in [0.2, 0.25) is 5.02 Å². The molecule has 192 valence electrons. The molecule has 38 heavy (non-hydrogen) atoms.